The van der Waals surface area contributed by atoms with E-state index in [1.54, 1.807) is 6.20 Å². The van der Waals surface area contributed by atoms with Crippen LogP contribution in [0.2, 0.25) is 0 Å². The number of piperidine rings is 1. The third-order valence-corrected chi connectivity index (χ3v) is 5.09. The summed E-state index contributed by atoms with van der Waals surface area (Å²) in [6, 6.07) is 12.5. The number of hydrogen-bond acceptors (Lipinski definition) is 2. The molecule has 128 valence electrons. The lowest BCUT2D eigenvalue weighted by Crippen LogP contribution is -2.41. The van der Waals surface area contributed by atoms with E-state index in [4.69, 9.17) is 0 Å². The number of nitrogens with zero attached hydrogens (tertiary/aromatic N) is 2. The van der Waals surface area contributed by atoms with E-state index < -0.39 is 5.67 Å². The molecule has 0 bridgehead atoms. The highest BCUT2D eigenvalue weighted by Gasteiger charge is 2.38. The smallest absolute Gasteiger partial charge is 0.156 e. The zero-order chi connectivity index (χ0) is 17.4. The van der Waals surface area contributed by atoms with Gasteiger partial charge in [-0.1, -0.05) is 39.0 Å². The number of aromatic nitrogens is 1. The van der Waals surface area contributed by atoms with Gasteiger partial charge in [-0.15, -0.1) is 0 Å². The number of halogens is 1. The Balaban J connectivity index is 1.72. The molecule has 0 radical (unpaired) electrons. The Bertz CT molecular complexity index is 693. The van der Waals surface area contributed by atoms with Crippen LogP contribution in [-0.2, 0) is 11.1 Å². The minimum absolute atomic E-state index is 0.158. The van der Waals surface area contributed by atoms with Crippen LogP contribution in [0.25, 0.3) is 0 Å². The van der Waals surface area contributed by atoms with Crippen LogP contribution in [0.3, 0.4) is 0 Å². The Labute approximate surface area is 144 Å². The highest BCUT2D eigenvalue weighted by molar-refractivity contribution is 5.49. The van der Waals surface area contributed by atoms with Gasteiger partial charge in [0.1, 0.15) is 0 Å². The summed E-state index contributed by atoms with van der Waals surface area (Å²) in [5.41, 5.74) is 2.93. The summed E-state index contributed by atoms with van der Waals surface area (Å²) in [7, 11) is 0. The van der Waals surface area contributed by atoms with Gasteiger partial charge in [-0.05, 0) is 41.7 Å². The van der Waals surface area contributed by atoms with Crippen molar-refractivity contribution >= 4 is 5.69 Å². The summed E-state index contributed by atoms with van der Waals surface area (Å²) < 4.78 is 15.4. The second kappa shape index (κ2) is 6.19. The van der Waals surface area contributed by atoms with E-state index in [1.165, 1.54) is 11.3 Å². The van der Waals surface area contributed by atoms with Crippen LogP contribution in [-0.4, -0.2) is 18.1 Å². The molecular weight excluding hydrogens is 299 g/mol. The quantitative estimate of drug-likeness (QED) is 0.758. The molecule has 2 heterocycles. The molecule has 0 atom stereocenters. The molecule has 0 amide bonds. The number of pyridine rings is 1. The molecule has 2 nitrogen and oxygen atoms in total. The van der Waals surface area contributed by atoms with Gasteiger partial charge in [-0.2, -0.15) is 0 Å². The Morgan fingerprint density at radius 1 is 1.04 bits per heavy atom. The monoisotopic (exact) mass is 326 g/mol. The Kier molecular flexibility index (Phi) is 4.37. The third-order valence-electron chi connectivity index (χ3n) is 5.09. The lowest BCUT2D eigenvalue weighted by Gasteiger charge is -2.38. The molecule has 1 fully saturated rings. The molecule has 1 aromatic carbocycles. The van der Waals surface area contributed by atoms with Gasteiger partial charge in [0.25, 0.3) is 0 Å². The maximum Gasteiger partial charge on any atom is 0.156 e. The van der Waals surface area contributed by atoms with Crippen molar-refractivity contribution < 1.29 is 4.39 Å². The van der Waals surface area contributed by atoms with Crippen molar-refractivity contribution in [1.29, 1.82) is 0 Å². The molecule has 1 saturated heterocycles. The van der Waals surface area contributed by atoms with Gasteiger partial charge in [-0.3, -0.25) is 4.98 Å². The maximum absolute atomic E-state index is 15.4. The van der Waals surface area contributed by atoms with E-state index in [0.29, 0.717) is 18.5 Å². The SMILES string of the molecule is Cc1cccnc1C1(F)CCN(c2ccc(C(C)(C)C)cc2)CC1. The summed E-state index contributed by atoms with van der Waals surface area (Å²) in [6.07, 6.45) is 2.68. The fourth-order valence-electron chi connectivity index (χ4n) is 3.48. The molecule has 0 aliphatic carbocycles. The highest BCUT2D eigenvalue weighted by Crippen LogP contribution is 2.38. The lowest BCUT2D eigenvalue weighted by molar-refractivity contribution is 0.118. The molecule has 1 aromatic heterocycles. The van der Waals surface area contributed by atoms with Crippen LogP contribution >= 0.6 is 0 Å². The van der Waals surface area contributed by atoms with Crippen LogP contribution in [0.5, 0.6) is 0 Å². The van der Waals surface area contributed by atoms with E-state index in [-0.39, 0.29) is 5.41 Å². The number of hydrogen-bond donors (Lipinski definition) is 0. The first kappa shape index (κ1) is 16.9. The average Bonchev–Trinajstić information content (AvgIpc) is 2.55. The minimum atomic E-state index is -1.30. The summed E-state index contributed by atoms with van der Waals surface area (Å²) in [5.74, 6) is 0. The molecule has 1 aliphatic heterocycles. The third kappa shape index (κ3) is 3.31. The van der Waals surface area contributed by atoms with E-state index in [0.717, 1.165) is 18.7 Å². The Morgan fingerprint density at radius 2 is 1.67 bits per heavy atom. The molecule has 24 heavy (non-hydrogen) atoms. The van der Waals surface area contributed by atoms with Crippen LogP contribution in [0.4, 0.5) is 10.1 Å². The highest BCUT2D eigenvalue weighted by atomic mass is 19.1. The zero-order valence-electron chi connectivity index (χ0n) is 15.1. The van der Waals surface area contributed by atoms with E-state index in [1.807, 2.05) is 19.1 Å². The molecule has 3 rings (SSSR count). The minimum Gasteiger partial charge on any atom is -0.371 e. The van der Waals surface area contributed by atoms with Crippen LogP contribution in [0, 0.1) is 6.92 Å². The normalized spacial score (nSPS) is 17.8. The van der Waals surface area contributed by atoms with Crippen LogP contribution in [0.15, 0.2) is 42.6 Å². The van der Waals surface area contributed by atoms with Gasteiger partial charge < -0.3 is 4.90 Å². The van der Waals surface area contributed by atoms with Gasteiger partial charge in [0.05, 0.1) is 5.69 Å². The number of aryl methyl sites for hydroxylation is 1. The van der Waals surface area contributed by atoms with Crippen molar-refractivity contribution in [3.8, 4) is 0 Å². The number of alkyl halides is 1. The first-order valence-corrected chi connectivity index (χ1v) is 8.76. The van der Waals surface area contributed by atoms with Gasteiger partial charge >= 0.3 is 0 Å². The zero-order valence-corrected chi connectivity index (χ0v) is 15.1. The van der Waals surface area contributed by atoms with Crippen LogP contribution < -0.4 is 4.90 Å². The van der Waals surface area contributed by atoms with E-state index >= 15 is 4.39 Å². The van der Waals surface area contributed by atoms with E-state index in [2.05, 4.69) is 54.9 Å². The molecule has 1 aliphatic rings. The van der Waals surface area contributed by atoms with Gasteiger partial charge in [0.2, 0.25) is 0 Å². The largest absolute Gasteiger partial charge is 0.371 e. The molecule has 2 aromatic rings. The fraction of sp³-hybridized carbons (Fsp3) is 0.476. The standard InChI is InChI=1S/C21H27FN2/c1-16-6-5-13-23-19(16)21(22)11-14-24(15-12-21)18-9-7-17(8-10-18)20(2,3)4/h5-10,13H,11-12,14-15H2,1-4H3. The summed E-state index contributed by atoms with van der Waals surface area (Å²) >= 11 is 0. The molecule has 0 saturated carbocycles. The number of anilines is 1. The predicted molar refractivity (Wildman–Crippen MR) is 98.3 cm³/mol. The van der Waals surface area contributed by atoms with Crippen molar-refractivity contribution in [2.75, 3.05) is 18.0 Å². The number of benzene rings is 1. The van der Waals surface area contributed by atoms with Crippen molar-refractivity contribution in [3.05, 3.63) is 59.4 Å². The van der Waals surface area contributed by atoms with Gasteiger partial charge in [-0.25, -0.2) is 4.39 Å². The Hall–Kier alpha value is -1.90. The average molecular weight is 326 g/mol. The van der Waals surface area contributed by atoms with Crippen molar-refractivity contribution in [2.45, 2.75) is 51.6 Å². The van der Waals surface area contributed by atoms with Crippen molar-refractivity contribution in [3.63, 3.8) is 0 Å². The second-order valence-electron chi connectivity index (χ2n) is 7.92. The lowest BCUT2D eigenvalue weighted by atomic mass is 9.86. The van der Waals surface area contributed by atoms with Crippen LogP contribution in [0.1, 0.15) is 50.4 Å². The molecule has 0 spiro atoms. The van der Waals surface area contributed by atoms with E-state index in [9.17, 15) is 0 Å². The second-order valence-corrected chi connectivity index (χ2v) is 7.92. The summed E-state index contributed by atoms with van der Waals surface area (Å²) in [5, 5.41) is 0. The summed E-state index contributed by atoms with van der Waals surface area (Å²) in [4.78, 5) is 6.60. The van der Waals surface area contributed by atoms with Gasteiger partial charge in [0.15, 0.2) is 5.67 Å². The van der Waals surface area contributed by atoms with Gasteiger partial charge in [0, 0.05) is 37.8 Å². The molecule has 0 N–H and O–H groups in total. The predicted octanol–water partition coefficient (Wildman–Crippen LogP) is 5.15. The first-order valence-electron chi connectivity index (χ1n) is 8.76. The fourth-order valence-corrected chi connectivity index (χ4v) is 3.48. The van der Waals surface area contributed by atoms with Crippen molar-refractivity contribution in [2.24, 2.45) is 0 Å². The Morgan fingerprint density at radius 3 is 2.21 bits per heavy atom. The first-order chi connectivity index (χ1) is 11.3. The maximum atomic E-state index is 15.4. The topological polar surface area (TPSA) is 16.1 Å². The molecule has 3 heteroatoms. The number of rotatable bonds is 2. The molecule has 0 unspecified atom stereocenters. The van der Waals surface area contributed by atoms with Crippen molar-refractivity contribution in [1.82, 2.24) is 4.98 Å². The molecular formula is C21H27FN2. The summed E-state index contributed by atoms with van der Waals surface area (Å²) in [6.45, 7) is 10.0.